The molecule has 0 bridgehead atoms. The van der Waals surface area contributed by atoms with Gasteiger partial charge < -0.3 is 5.32 Å². The second-order valence-corrected chi connectivity index (χ2v) is 6.24. The Balaban J connectivity index is 1.68. The first-order valence-electron chi connectivity index (χ1n) is 7.56. The van der Waals surface area contributed by atoms with Crippen molar-refractivity contribution in [3.8, 4) is 0 Å². The maximum Gasteiger partial charge on any atom is 0.223 e. The molecule has 0 aromatic carbocycles. The predicted octanol–water partition coefficient (Wildman–Crippen LogP) is 1.82. The molecule has 20 heavy (non-hydrogen) atoms. The van der Waals surface area contributed by atoms with Gasteiger partial charge in [0.2, 0.25) is 5.91 Å². The number of nitrogens with one attached hydrogen (secondary N) is 1. The van der Waals surface area contributed by atoms with Crippen LogP contribution in [0.15, 0.2) is 24.5 Å². The molecule has 1 N–H and O–H groups in total. The molecule has 108 valence electrons. The second-order valence-electron chi connectivity index (χ2n) is 6.24. The van der Waals surface area contributed by atoms with Crippen LogP contribution in [0, 0.1) is 11.3 Å². The molecule has 4 heteroatoms. The van der Waals surface area contributed by atoms with Gasteiger partial charge in [-0.05, 0) is 48.9 Å². The van der Waals surface area contributed by atoms with Crippen LogP contribution in [-0.4, -0.2) is 35.9 Å². The number of amides is 1. The molecule has 1 aliphatic carbocycles. The zero-order valence-corrected chi connectivity index (χ0v) is 12.1. The van der Waals surface area contributed by atoms with Crippen LogP contribution in [0.5, 0.6) is 0 Å². The summed E-state index contributed by atoms with van der Waals surface area (Å²) in [7, 11) is 1.76. The number of pyridine rings is 1. The number of carbonyl (C=O) groups excluding carboxylic acids is 1. The molecular weight excluding hydrogens is 250 g/mol. The molecule has 1 saturated carbocycles. The van der Waals surface area contributed by atoms with Gasteiger partial charge in [0.05, 0.1) is 0 Å². The van der Waals surface area contributed by atoms with Gasteiger partial charge in [0.1, 0.15) is 0 Å². The van der Waals surface area contributed by atoms with Gasteiger partial charge in [0.25, 0.3) is 0 Å². The average Bonchev–Trinajstić information content (AvgIpc) is 3.07. The first-order chi connectivity index (χ1) is 9.73. The van der Waals surface area contributed by atoms with E-state index >= 15 is 0 Å². The zero-order valence-electron chi connectivity index (χ0n) is 12.1. The molecule has 1 aromatic heterocycles. The standard InChI is InChI=1S/C16H23N3O/c1-17-15(20)14-3-2-6-16(14)7-10-19(12-16)11-13-4-8-18-9-5-13/h4-5,8-9,14H,2-3,6-7,10-12H2,1H3,(H,17,20)/t14-,16+/m1/s1. The van der Waals surface area contributed by atoms with Gasteiger partial charge in [0.15, 0.2) is 0 Å². The fraction of sp³-hybridized carbons (Fsp3) is 0.625. The van der Waals surface area contributed by atoms with Crippen LogP contribution in [0.4, 0.5) is 0 Å². The monoisotopic (exact) mass is 273 g/mol. The Morgan fingerprint density at radius 2 is 2.25 bits per heavy atom. The van der Waals surface area contributed by atoms with E-state index in [-0.39, 0.29) is 17.2 Å². The van der Waals surface area contributed by atoms with Crippen molar-refractivity contribution in [3.05, 3.63) is 30.1 Å². The van der Waals surface area contributed by atoms with Crippen LogP contribution < -0.4 is 5.32 Å². The molecule has 3 rings (SSSR count). The Labute approximate surface area is 120 Å². The third kappa shape index (κ3) is 2.44. The molecule has 1 aromatic rings. The number of hydrogen-bond donors (Lipinski definition) is 1. The van der Waals surface area contributed by atoms with Crippen molar-refractivity contribution in [2.75, 3.05) is 20.1 Å². The maximum atomic E-state index is 12.1. The first kappa shape index (κ1) is 13.6. The fourth-order valence-electron chi connectivity index (χ4n) is 4.08. The molecule has 2 aliphatic rings. The van der Waals surface area contributed by atoms with Gasteiger partial charge >= 0.3 is 0 Å². The third-order valence-electron chi connectivity index (χ3n) is 5.09. The van der Waals surface area contributed by atoms with Crippen LogP contribution in [0.3, 0.4) is 0 Å². The smallest absolute Gasteiger partial charge is 0.223 e. The summed E-state index contributed by atoms with van der Waals surface area (Å²) in [4.78, 5) is 18.7. The zero-order chi connectivity index (χ0) is 14.0. The summed E-state index contributed by atoms with van der Waals surface area (Å²) in [6.07, 6.45) is 8.33. The van der Waals surface area contributed by atoms with Crippen LogP contribution in [0.2, 0.25) is 0 Å². The van der Waals surface area contributed by atoms with Gasteiger partial charge in [-0.15, -0.1) is 0 Å². The van der Waals surface area contributed by atoms with E-state index in [4.69, 9.17) is 0 Å². The van der Waals surface area contributed by atoms with Crippen molar-refractivity contribution in [1.29, 1.82) is 0 Å². The highest BCUT2D eigenvalue weighted by atomic mass is 16.1. The number of likely N-dealkylation sites (tertiary alicyclic amines) is 1. The molecule has 1 amide bonds. The van der Waals surface area contributed by atoms with Gasteiger partial charge in [-0.2, -0.15) is 0 Å². The van der Waals surface area contributed by atoms with E-state index in [2.05, 4.69) is 27.3 Å². The lowest BCUT2D eigenvalue weighted by Crippen LogP contribution is -2.39. The lowest BCUT2D eigenvalue weighted by Gasteiger charge is -2.30. The lowest BCUT2D eigenvalue weighted by molar-refractivity contribution is -0.127. The maximum absolute atomic E-state index is 12.1. The number of nitrogens with zero attached hydrogens (tertiary/aromatic N) is 2. The molecule has 2 atom stereocenters. The summed E-state index contributed by atoms with van der Waals surface area (Å²) in [5.41, 5.74) is 1.54. The number of hydrogen-bond acceptors (Lipinski definition) is 3. The van der Waals surface area contributed by atoms with Gasteiger partial charge in [-0.3, -0.25) is 14.7 Å². The number of aromatic nitrogens is 1. The van der Waals surface area contributed by atoms with E-state index in [1.165, 1.54) is 18.4 Å². The first-order valence-corrected chi connectivity index (χ1v) is 7.56. The van der Waals surface area contributed by atoms with Crippen molar-refractivity contribution in [1.82, 2.24) is 15.2 Å². The Hall–Kier alpha value is -1.42. The molecule has 0 radical (unpaired) electrons. The van der Waals surface area contributed by atoms with E-state index in [0.29, 0.717) is 0 Å². The highest BCUT2D eigenvalue weighted by Gasteiger charge is 2.49. The van der Waals surface area contributed by atoms with E-state index in [0.717, 1.165) is 32.5 Å². The Morgan fingerprint density at radius 1 is 1.45 bits per heavy atom. The molecular formula is C16H23N3O. The molecule has 2 fully saturated rings. The van der Waals surface area contributed by atoms with E-state index < -0.39 is 0 Å². The molecule has 2 heterocycles. The summed E-state index contributed by atoms with van der Waals surface area (Å²) in [5, 5.41) is 2.86. The highest BCUT2D eigenvalue weighted by Crippen LogP contribution is 2.49. The summed E-state index contributed by atoms with van der Waals surface area (Å²) in [6, 6.07) is 4.16. The van der Waals surface area contributed by atoms with Crippen LogP contribution >= 0.6 is 0 Å². The van der Waals surface area contributed by atoms with Gasteiger partial charge in [0, 0.05) is 38.4 Å². The minimum atomic E-state index is 0.218. The second kappa shape index (κ2) is 5.52. The van der Waals surface area contributed by atoms with E-state index in [1.54, 1.807) is 7.05 Å². The Bertz CT molecular complexity index is 476. The SMILES string of the molecule is CNC(=O)[C@H]1CCC[C@@]12CCN(Cc1ccncc1)C2. The minimum absolute atomic E-state index is 0.218. The van der Waals surface area contributed by atoms with Crippen molar-refractivity contribution < 1.29 is 4.79 Å². The quantitative estimate of drug-likeness (QED) is 0.913. The number of rotatable bonds is 3. The number of carbonyl (C=O) groups is 1. The molecule has 1 spiro atoms. The van der Waals surface area contributed by atoms with Crippen molar-refractivity contribution >= 4 is 5.91 Å². The minimum Gasteiger partial charge on any atom is -0.359 e. The van der Waals surface area contributed by atoms with Crippen LogP contribution in [0.25, 0.3) is 0 Å². The highest BCUT2D eigenvalue weighted by molar-refractivity contribution is 5.79. The van der Waals surface area contributed by atoms with Gasteiger partial charge in [-0.25, -0.2) is 0 Å². The van der Waals surface area contributed by atoms with Gasteiger partial charge in [-0.1, -0.05) is 6.42 Å². The van der Waals surface area contributed by atoms with Crippen molar-refractivity contribution in [2.24, 2.45) is 11.3 Å². The topological polar surface area (TPSA) is 45.2 Å². The van der Waals surface area contributed by atoms with E-state index in [9.17, 15) is 4.79 Å². The largest absolute Gasteiger partial charge is 0.359 e. The molecule has 1 aliphatic heterocycles. The summed E-state index contributed by atoms with van der Waals surface area (Å²) >= 11 is 0. The molecule has 0 unspecified atom stereocenters. The van der Waals surface area contributed by atoms with Crippen LogP contribution in [0.1, 0.15) is 31.2 Å². The average molecular weight is 273 g/mol. The Morgan fingerprint density at radius 3 is 3.00 bits per heavy atom. The summed E-state index contributed by atoms with van der Waals surface area (Å²) in [6.45, 7) is 3.15. The Kier molecular flexibility index (Phi) is 3.74. The summed E-state index contributed by atoms with van der Waals surface area (Å²) < 4.78 is 0. The van der Waals surface area contributed by atoms with Crippen LogP contribution in [-0.2, 0) is 11.3 Å². The van der Waals surface area contributed by atoms with Crippen molar-refractivity contribution in [2.45, 2.75) is 32.2 Å². The predicted molar refractivity (Wildman–Crippen MR) is 78.0 cm³/mol. The third-order valence-corrected chi connectivity index (χ3v) is 5.09. The molecule has 4 nitrogen and oxygen atoms in total. The summed E-state index contributed by atoms with van der Waals surface area (Å²) in [5.74, 6) is 0.461. The van der Waals surface area contributed by atoms with Crippen molar-refractivity contribution in [3.63, 3.8) is 0 Å². The normalized spacial score (nSPS) is 29.9. The fourth-order valence-corrected chi connectivity index (χ4v) is 4.08. The van der Waals surface area contributed by atoms with E-state index in [1.807, 2.05) is 12.4 Å². The lowest BCUT2D eigenvalue weighted by atomic mass is 9.76. The molecule has 1 saturated heterocycles.